The van der Waals surface area contributed by atoms with Gasteiger partial charge in [-0.15, -0.1) is 0 Å². The van der Waals surface area contributed by atoms with E-state index in [2.05, 4.69) is 51.4 Å². The molecule has 0 bridgehead atoms. The number of carbonyl (C=O) groups excluding carboxylic acids is 5. The Morgan fingerprint density at radius 3 is 1.44 bits per heavy atom. The molecule has 2 atom stereocenters. The third-order valence-corrected chi connectivity index (χ3v) is 12.2. The van der Waals surface area contributed by atoms with Crippen LogP contribution in [0.3, 0.4) is 0 Å². The summed E-state index contributed by atoms with van der Waals surface area (Å²) >= 11 is 0. The summed E-state index contributed by atoms with van der Waals surface area (Å²) in [6.07, 6.45) is 11.4. The second-order valence-electron chi connectivity index (χ2n) is 17.0. The molecule has 0 unspecified atom stereocenters. The van der Waals surface area contributed by atoms with Crippen LogP contribution in [-0.2, 0) is 22.7 Å². The number of rotatable bonds is 14. The van der Waals surface area contributed by atoms with Crippen LogP contribution in [0.15, 0.2) is 61.2 Å². The lowest BCUT2D eigenvalue weighted by molar-refractivity contribution is -0.141. The summed E-state index contributed by atoms with van der Waals surface area (Å²) in [4.78, 5) is 92.0. The Hall–Kier alpha value is -7.78. The van der Waals surface area contributed by atoms with E-state index in [4.69, 9.17) is 5.73 Å². The number of primary amides is 1. The number of nitrogens with two attached hydrogens (primary N) is 1. The highest BCUT2D eigenvalue weighted by Crippen LogP contribution is 2.28. The van der Waals surface area contributed by atoms with Crippen molar-refractivity contribution >= 4 is 47.1 Å². The number of hydrogen-bond acceptors (Lipinski definition) is 12. The number of aryl methyl sites for hydroxylation is 2. The summed E-state index contributed by atoms with van der Waals surface area (Å²) in [6, 6.07) is 9.74. The average Bonchev–Trinajstić information content (AvgIpc) is 4.03. The molecule has 5 amide bonds. The molecular weight excluding hydrogens is 885 g/mol. The van der Waals surface area contributed by atoms with Crippen molar-refractivity contribution in [2.75, 3.05) is 0 Å². The predicted molar refractivity (Wildman–Crippen MR) is 239 cm³/mol. The molecule has 0 aliphatic heterocycles. The van der Waals surface area contributed by atoms with Gasteiger partial charge in [-0.1, -0.05) is 62.8 Å². The molecule has 2 aromatic carbocycles. The smallest absolute Gasteiger partial charge is 0.326 e. The van der Waals surface area contributed by atoms with Crippen LogP contribution in [0.4, 0.5) is 8.78 Å². The summed E-state index contributed by atoms with van der Waals surface area (Å²) in [5.74, 6) is -4.87. The van der Waals surface area contributed by atoms with Gasteiger partial charge in [0.25, 0.3) is 35.2 Å². The van der Waals surface area contributed by atoms with E-state index < -0.39 is 47.6 Å². The van der Waals surface area contributed by atoms with E-state index in [1.165, 1.54) is 41.4 Å². The standard InChI is InChI=1S/C23H26FN7O3.C23H25FN6O4/c1-13-9-14(7-8-16(13)24)11-26-21(33)17-10-18(31-23(29-17)27-12-28-31)22(34)30-19(20(25)32)15-5-3-2-4-6-15;1-13-9-14(7-8-16(13)24)11-25-20(31)17-10-18(30-23(28-17)26-12-27-30)21(32)29-19(22(33)34)15-5-3-2-4-6-15/h7-10,12,15,19H,2-6,11H2,1H3,(H2,25,32)(H,26,33)(H,30,34);7-10,12,15,19H,2-6,11H2,1H3,(H,25,31)(H,29,32)(H,33,34)/t2*19-/m00/s1. The molecule has 68 heavy (non-hydrogen) atoms. The molecule has 8 rings (SSSR count). The molecule has 4 aromatic heterocycles. The highest BCUT2D eigenvalue weighted by Gasteiger charge is 2.33. The fraction of sp³-hybridized carbons (Fsp3) is 0.391. The monoisotopic (exact) mass is 935 g/mol. The van der Waals surface area contributed by atoms with Crippen LogP contribution in [-0.4, -0.2) is 91.9 Å². The summed E-state index contributed by atoms with van der Waals surface area (Å²) in [6.45, 7) is 3.54. The van der Waals surface area contributed by atoms with Gasteiger partial charge in [-0.3, -0.25) is 24.0 Å². The average molecular weight is 936 g/mol. The Bertz CT molecular complexity index is 2670. The number of fused-ring (bicyclic) bond motifs is 2. The zero-order chi connectivity index (χ0) is 48.5. The van der Waals surface area contributed by atoms with Crippen LogP contribution in [0, 0.1) is 37.3 Å². The number of carboxylic acid groups (broad SMARTS) is 1. The number of halogens is 2. The molecule has 6 aromatic rings. The normalized spacial score (nSPS) is 15.1. The van der Waals surface area contributed by atoms with Gasteiger partial charge in [0.2, 0.25) is 5.91 Å². The Balaban J connectivity index is 0.000000201. The first-order valence-electron chi connectivity index (χ1n) is 22.3. The quantitative estimate of drug-likeness (QED) is 0.0904. The van der Waals surface area contributed by atoms with Crippen LogP contribution in [0.2, 0.25) is 0 Å². The molecule has 4 heterocycles. The fourth-order valence-corrected chi connectivity index (χ4v) is 8.53. The molecule has 22 heteroatoms. The highest BCUT2D eigenvalue weighted by atomic mass is 19.1. The third kappa shape index (κ3) is 11.6. The molecule has 0 spiro atoms. The van der Waals surface area contributed by atoms with Crippen LogP contribution in [0.25, 0.3) is 11.6 Å². The van der Waals surface area contributed by atoms with Gasteiger partial charge in [0.15, 0.2) is 0 Å². The number of benzene rings is 2. The second-order valence-corrected chi connectivity index (χ2v) is 17.0. The maximum atomic E-state index is 13.5. The molecule has 20 nitrogen and oxygen atoms in total. The highest BCUT2D eigenvalue weighted by molar-refractivity contribution is 6.00. The van der Waals surface area contributed by atoms with Gasteiger partial charge in [-0.05, 0) is 85.8 Å². The summed E-state index contributed by atoms with van der Waals surface area (Å²) in [5.41, 5.74) is 7.77. The first-order chi connectivity index (χ1) is 32.7. The molecule has 2 saturated carbocycles. The molecule has 356 valence electrons. The van der Waals surface area contributed by atoms with Gasteiger partial charge >= 0.3 is 5.97 Å². The Labute approximate surface area is 387 Å². The molecular formula is C46H51F2N13O7. The van der Waals surface area contributed by atoms with Crippen molar-refractivity contribution in [2.45, 2.75) is 103 Å². The molecule has 0 saturated heterocycles. The van der Waals surface area contributed by atoms with E-state index in [0.29, 0.717) is 22.3 Å². The number of hydrogen-bond donors (Lipinski definition) is 6. The van der Waals surface area contributed by atoms with Crippen LogP contribution in [0.1, 0.15) is 128 Å². The minimum absolute atomic E-state index is 0.00679. The zero-order valence-corrected chi connectivity index (χ0v) is 37.4. The Morgan fingerprint density at radius 2 is 1.04 bits per heavy atom. The molecule has 2 fully saturated rings. The lowest BCUT2D eigenvalue weighted by Gasteiger charge is -2.28. The zero-order valence-electron chi connectivity index (χ0n) is 37.4. The van der Waals surface area contributed by atoms with Crippen molar-refractivity contribution in [3.05, 3.63) is 118 Å². The minimum Gasteiger partial charge on any atom is -0.480 e. The van der Waals surface area contributed by atoms with Gasteiger partial charge in [-0.25, -0.2) is 23.5 Å². The van der Waals surface area contributed by atoms with Crippen molar-refractivity contribution in [3.8, 4) is 0 Å². The number of nitrogens with one attached hydrogen (secondary N) is 4. The second kappa shape index (κ2) is 21.7. The van der Waals surface area contributed by atoms with Crippen molar-refractivity contribution in [3.63, 3.8) is 0 Å². The number of nitrogens with zero attached hydrogens (tertiary/aromatic N) is 8. The van der Waals surface area contributed by atoms with Crippen molar-refractivity contribution in [1.82, 2.24) is 60.4 Å². The molecule has 7 N–H and O–H groups in total. The van der Waals surface area contributed by atoms with E-state index in [1.807, 2.05) is 0 Å². The largest absolute Gasteiger partial charge is 0.480 e. The van der Waals surface area contributed by atoms with Crippen molar-refractivity contribution in [2.24, 2.45) is 17.6 Å². The third-order valence-electron chi connectivity index (χ3n) is 12.2. The lowest BCUT2D eigenvalue weighted by Crippen LogP contribution is -2.50. The van der Waals surface area contributed by atoms with Crippen LogP contribution >= 0.6 is 0 Å². The van der Waals surface area contributed by atoms with Gasteiger partial charge < -0.3 is 32.1 Å². The SMILES string of the molecule is Cc1cc(CNC(=O)c2cc(C(=O)N[C@H](C(=O)O)C3CCCCC3)n3ncnc3n2)ccc1F.Cc1cc(CNC(=O)c2cc(C(=O)N[C@H](C(N)=O)C3CCCCC3)n3ncnc3n2)ccc1F. The Kier molecular flexibility index (Phi) is 15.4. The topological polar surface area (TPSA) is 283 Å². The van der Waals surface area contributed by atoms with E-state index in [0.717, 1.165) is 68.7 Å². The molecule has 0 radical (unpaired) electrons. The van der Waals surface area contributed by atoms with Crippen molar-refractivity contribution in [1.29, 1.82) is 0 Å². The minimum atomic E-state index is -1.10. The Morgan fingerprint density at radius 1 is 0.632 bits per heavy atom. The maximum absolute atomic E-state index is 13.5. The van der Waals surface area contributed by atoms with E-state index in [9.17, 15) is 42.7 Å². The van der Waals surface area contributed by atoms with Crippen LogP contribution in [0.5, 0.6) is 0 Å². The first-order valence-corrected chi connectivity index (χ1v) is 22.3. The fourth-order valence-electron chi connectivity index (χ4n) is 8.53. The first kappa shape index (κ1) is 48.2. The summed E-state index contributed by atoms with van der Waals surface area (Å²) < 4.78 is 29.3. The lowest BCUT2D eigenvalue weighted by atomic mass is 9.83. The van der Waals surface area contributed by atoms with Crippen molar-refractivity contribution < 1.29 is 42.7 Å². The molecule has 2 aliphatic rings. The van der Waals surface area contributed by atoms with Gasteiger partial charge in [0, 0.05) is 25.2 Å². The van der Waals surface area contributed by atoms with Gasteiger partial charge in [-0.2, -0.15) is 29.2 Å². The van der Waals surface area contributed by atoms with E-state index in [-0.39, 0.29) is 70.9 Å². The number of amides is 5. The number of aliphatic carboxylic acids is 1. The predicted octanol–water partition coefficient (Wildman–Crippen LogP) is 3.93. The number of carboxylic acids is 1. The van der Waals surface area contributed by atoms with Gasteiger partial charge in [0.05, 0.1) is 0 Å². The number of aromatic nitrogens is 8. The van der Waals surface area contributed by atoms with E-state index >= 15 is 0 Å². The van der Waals surface area contributed by atoms with E-state index in [1.54, 1.807) is 38.1 Å². The van der Waals surface area contributed by atoms with Gasteiger partial charge in [0.1, 0.15) is 59.1 Å². The summed E-state index contributed by atoms with van der Waals surface area (Å²) in [5, 5.41) is 28.4. The van der Waals surface area contributed by atoms with Crippen LogP contribution < -0.4 is 27.0 Å². The summed E-state index contributed by atoms with van der Waals surface area (Å²) in [7, 11) is 0. The molecule has 2 aliphatic carbocycles. The number of carbonyl (C=O) groups is 6. The maximum Gasteiger partial charge on any atom is 0.326 e.